The minimum Gasteiger partial charge on any atom is -0.264 e. The van der Waals surface area contributed by atoms with Crippen LogP contribution >= 0.6 is 7.26 Å². The van der Waals surface area contributed by atoms with Crippen LogP contribution in [0, 0.1) is 0 Å². The van der Waals surface area contributed by atoms with Crippen LogP contribution in [0.2, 0.25) is 0 Å². The molecule has 0 amide bonds. The molecule has 0 atom stereocenters. The second-order valence-corrected chi connectivity index (χ2v) is 9.72. The Bertz CT molecular complexity index is 612. The Hall–Kier alpha value is -1.98. The van der Waals surface area contributed by atoms with E-state index >= 15 is 0 Å². The monoisotopic (exact) mass is 306 g/mol. The zero-order valence-electron chi connectivity index (χ0n) is 13.1. The summed E-state index contributed by atoms with van der Waals surface area (Å²) in [7, 11) is -1.67. The molecule has 1 heterocycles. The van der Waals surface area contributed by atoms with E-state index in [1.807, 2.05) is 12.4 Å². The van der Waals surface area contributed by atoms with Crippen molar-refractivity contribution in [2.24, 2.45) is 0 Å². The van der Waals surface area contributed by atoms with Crippen LogP contribution in [0.4, 0.5) is 0 Å². The van der Waals surface area contributed by atoms with Crippen molar-refractivity contribution in [2.75, 3.05) is 0 Å². The minimum atomic E-state index is -1.67. The average Bonchev–Trinajstić information content (AvgIpc) is 2.58. The fourth-order valence-corrected chi connectivity index (χ4v) is 7.82. The summed E-state index contributed by atoms with van der Waals surface area (Å²) in [5, 5.41) is 4.26. The van der Waals surface area contributed by atoms with E-state index in [4.69, 9.17) is 0 Å². The number of benzene rings is 2. The Morgan fingerprint density at radius 3 is 1.45 bits per heavy atom. The zero-order chi connectivity index (χ0) is 15.4. The number of rotatable bonds is 4. The van der Waals surface area contributed by atoms with Crippen molar-refractivity contribution >= 4 is 23.2 Å². The van der Waals surface area contributed by atoms with Crippen LogP contribution in [0.3, 0.4) is 0 Å². The van der Waals surface area contributed by atoms with Gasteiger partial charge in [-0.05, 0) is 50.2 Å². The molecule has 2 heteroatoms. The highest BCUT2D eigenvalue weighted by Gasteiger charge is 2.48. The molecular weight excluding hydrogens is 285 g/mol. The highest BCUT2D eigenvalue weighted by molar-refractivity contribution is 7.96. The summed E-state index contributed by atoms with van der Waals surface area (Å²) in [5.41, 5.74) is 0.528. The van der Waals surface area contributed by atoms with Crippen molar-refractivity contribution in [3.05, 3.63) is 85.2 Å². The fourth-order valence-electron chi connectivity index (χ4n) is 3.25. The maximum Gasteiger partial charge on any atom is 0.114 e. The SMILES string of the molecule is CC(C)[P+](c1ccccc1)(c1ccccc1)c1ccncc1. The normalized spacial score (nSPS) is 11.6. The molecule has 0 spiro atoms. The lowest BCUT2D eigenvalue weighted by molar-refractivity contribution is 1.09. The third-order valence-corrected chi connectivity index (χ3v) is 9.06. The van der Waals surface area contributed by atoms with E-state index in [-0.39, 0.29) is 0 Å². The molecule has 1 aromatic heterocycles. The third kappa shape index (κ3) is 2.46. The minimum absolute atomic E-state index is 0.528. The molecule has 0 N–H and O–H groups in total. The standard InChI is InChI=1S/C20H21NP/c1-17(2)22(18-9-5-3-6-10-18,19-11-7-4-8-12-19)20-13-15-21-16-14-20/h3-17H,1-2H3/q+1. The summed E-state index contributed by atoms with van der Waals surface area (Å²) in [4.78, 5) is 4.22. The van der Waals surface area contributed by atoms with Crippen molar-refractivity contribution in [3.63, 3.8) is 0 Å². The molecule has 1 nitrogen and oxygen atoms in total. The number of nitrogens with zero attached hydrogens (tertiary/aromatic N) is 1. The Morgan fingerprint density at radius 2 is 1.05 bits per heavy atom. The molecule has 0 fully saturated rings. The number of hydrogen-bond donors (Lipinski definition) is 0. The molecule has 0 aliphatic carbocycles. The quantitative estimate of drug-likeness (QED) is 0.668. The van der Waals surface area contributed by atoms with Gasteiger partial charge in [-0.25, -0.2) is 0 Å². The Morgan fingerprint density at radius 1 is 0.636 bits per heavy atom. The van der Waals surface area contributed by atoms with E-state index in [1.165, 1.54) is 15.9 Å². The molecular formula is C20H21NP+. The summed E-state index contributed by atoms with van der Waals surface area (Å²) >= 11 is 0. The van der Waals surface area contributed by atoms with E-state index in [0.717, 1.165) is 0 Å². The van der Waals surface area contributed by atoms with Gasteiger partial charge in [-0.3, -0.25) is 4.98 Å². The first-order valence-corrected chi connectivity index (χ1v) is 9.52. The first kappa shape index (κ1) is 14.9. The van der Waals surface area contributed by atoms with Crippen LogP contribution in [-0.4, -0.2) is 10.6 Å². The second kappa shape index (κ2) is 6.42. The van der Waals surface area contributed by atoms with Gasteiger partial charge in [0.2, 0.25) is 0 Å². The molecule has 0 bridgehead atoms. The van der Waals surface area contributed by atoms with Crippen molar-refractivity contribution in [1.29, 1.82) is 0 Å². The van der Waals surface area contributed by atoms with E-state index in [2.05, 4.69) is 91.6 Å². The number of hydrogen-bond acceptors (Lipinski definition) is 1. The molecule has 0 saturated heterocycles. The van der Waals surface area contributed by atoms with Gasteiger partial charge in [0, 0.05) is 12.4 Å². The lowest BCUT2D eigenvalue weighted by atomic mass is 10.4. The molecule has 0 aliphatic rings. The molecule has 0 radical (unpaired) electrons. The van der Waals surface area contributed by atoms with Gasteiger partial charge >= 0.3 is 0 Å². The fraction of sp³-hybridized carbons (Fsp3) is 0.150. The summed E-state index contributed by atoms with van der Waals surface area (Å²) in [6.45, 7) is 4.68. The van der Waals surface area contributed by atoms with Crippen molar-refractivity contribution < 1.29 is 0 Å². The van der Waals surface area contributed by atoms with Crippen LogP contribution in [0.5, 0.6) is 0 Å². The predicted octanol–water partition coefficient (Wildman–Crippen LogP) is 3.78. The van der Waals surface area contributed by atoms with E-state index in [9.17, 15) is 0 Å². The smallest absolute Gasteiger partial charge is 0.114 e. The van der Waals surface area contributed by atoms with E-state index < -0.39 is 7.26 Å². The van der Waals surface area contributed by atoms with Crippen LogP contribution in [-0.2, 0) is 0 Å². The zero-order valence-corrected chi connectivity index (χ0v) is 13.9. The van der Waals surface area contributed by atoms with E-state index in [1.54, 1.807) is 0 Å². The second-order valence-electron chi connectivity index (χ2n) is 5.69. The topological polar surface area (TPSA) is 12.9 Å². The van der Waals surface area contributed by atoms with Crippen molar-refractivity contribution in [1.82, 2.24) is 4.98 Å². The molecule has 0 unspecified atom stereocenters. The molecule has 3 rings (SSSR count). The average molecular weight is 306 g/mol. The lowest BCUT2D eigenvalue weighted by Crippen LogP contribution is -2.36. The van der Waals surface area contributed by atoms with Gasteiger partial charge in [0.05, 0.1) is 5.66 Å². The summed E-state index contributed by atoms with van der Waals surface area (Å²) in [5.74, 6) is 0. The van der Waals surface area contributed by atoms with Crippen molar-refractivity contribution in [3.8, 4) is 0 Å². The lowest BCUT2D eigenvalue weighted by Gasteiger charge is -2.30. The Kier molecular flexibility index (Phi) is 4.36. The van der Waals surface area contributed by atoms with Gasteiger partial charge in [-0.15, -0.1) is 0 Å². The first-order chi connectivity index (χ1) is 10.8. The van der Waals surface area contributed by atoms with Crippen LogP contribution in [0.15, 0.2) is 85.2 Å². The molecule has 2 aromatic carbocycles. The van der Waals surface area contributed by atoms with Gasteiger partial charge < -0.3 is 0 Å². The van der Waals surface area contributed by atoms with Gasteiger partial charge in [0.25, 0.3) is 0 Å². The summed E-state index contributed by atoms with van der Waals surface area (Å²) in [6.07, 6.45) is 3.83. The molecule has 0 aliphatic heterocycles. The van der Waals surface area contributed by atoms with Gasteiger partial charge in [0.15, 0.2) is 0 Å². The highest BCUT2D eigenvalue weighted by atomic mass is 31.2. The molecule has 0 saturated carbocycles. The van der Waals surface area contributed by atoms with Crippen LogP contribution < -0.4 is 15.9 Å². The third-order valence-electron chi connectivity index (χ3n) is 4.17. The van der Waals surface area contributed by atoms with Crippen LogP contribution in [0.1, 0.15) is 13.8 Å². The van der Waals surface area contributed by atoms with Crippen molar-refractivity contribution in [2.45, 2.75) is 19.5 Å². The van der Waals surface area contributed by atoms with Gasteiger partial charge in [0.1, 0.15) is 23.2 Å². The maximum absolute atomic E-state index is 4.22. The summed E-state index contributed by atoms with van der Waals surface area (Å²) in [6, 6.07) is 26.3. The van der Waals surface area contributed by atoms with Gasteiger partial charge in [-0.2, -0.15) is 0 Å². The Labute approximate surface area is 133 Å². The largest absolute Gasteiger partial charge is 0.264 e. The molecule has 110 valence electrons. The number of aromatic nitrogens is 1. The van der Waals surface area contributed by atoms with E-state index in [0.29, 0.717) is 5.66 Å². The molecule has 3 aromatic rings. The first-order valence-electron chi connectivity index (χ1n) is 7.67. The molecule has 22 heavy (non-hydrogen) atoms. The highest BCUT2D eigenvalue weighted by Crippen LogP contribution is 2.59. The maximum atomic E-state index is 4.22. The summed E-state index contributed by atoms with van der Waals surface area (Å²) < 4.78 is 0. The van der Waals surface area contributed by atoms with Crippen LogP contribution in [0.25, 0.3) is 0 Å². The number of pyridine rings is 1. The Balaban J connectivity index is 2.34. The predicted molar refractivity (Wildman–Crippen MR) is 98.1 cm³/mol. The van der Waals surface area contributed by atoms with Gasteiger partial charge in [-0.1, -0.05) is 36.4 Å².